The predicted octanol–water partition coefficient (Wildman–Crippen LogP) is 18.2. The fourth-order valence-electron chi connectivity index (χ4n) is 9.16. The largest absolute Gasteiger partial charge is 0.466 e. The number of aliphatic hydroxyl groups is 2. The van der Waals surface area contributed by atoms with Crippen LogP contribution in [0.1, 0.15) is 322 Å². The summed E-state index contributed by atoms with van der Waals surface area (Å²) >= 11 is 0. The maximum absolute atomic E-state index is 12.4. The first kappa shape index (κ1) is 64.3. The Labute approximate surface area is 411 Å². The Hall–Kier alpha value is -1.66. The van der Waals surface area contributed by atoms with E-state index >= 15 is 0 Å². The van der Waals surface area contributed by atoms with Crippen molar-refractivity contribution >= 4 is 11.9 Å². The molecule has 390 valence electrons. The number of aliphatic hydroxyl groups excluding tert-OH is 2. The molecule has 0 aromatic carbocycles. The summed E-state index contributed by atoms with van der Waals surface area (Å²) in [5.41, 5.74) is 0. The van der Waals surface area contributed by atoms with Crippen molar-refractivity contribution in [2.75, 3.05) is 13.2 Å². The van der Waals surface area contributed by atoms with Gasteiger partial charge in [-0.15, -0.1) is 0 Å². The highest BCUT2D eigenvalue weighted by Crippen LogP contribution is 2.17. The van der Waals surface area contributed by atoms with E-state index in [4.69, 9.17) is 4.74 Å². The lowest BCUT2D eigenvalue weighted by molar-refractivity contribution is -0.143. The minimum absolute atomic E-state index is 0.00827. The van der Waals surface area contributed by atoms with E-state index in [-0.39, 0.29) is 18.5 Å². The standard InChI is InChI=1S/C60H115NO5/c1-3-5-7-9-11-13-14-30-34-38-42-46-50-54-60(65)66-55-51-47-43-39-35-32-29-27-25-23-21-19-17-15-16-18-20-22-24-26-28-31-33-37-41-45-49-53-59(64)61-57(56-62)58(63)52-48-44-40-36-12-10-8-6-4-2/h13-14,48,52,57-58,62-63H,3-12,15-47,49-51,53-56H2,1-2H3,(H,61,64)/b14-13-,52-48+. The average Bonchev–Trinajstić information content (AvgIpc) is 3.32. The molecule has 0 radical (unpaired) electrons. The molecule has 2 atom stereocenters. The summed E-state index contributed by atoms with van der Waals surface area (Å²) in [6.45, 7) is 4.87. The zero-order valence-corrected chi connectivity index (χ0v) is 44.4. The second kappa shape index (κ2) is 55.9. The number of carbonyl (C=O) groups excluding carboxylic acids is 2. The van der Waals surface area contributed by atoms with Crippen molar-refractivity contribution in [1.82, 2.24) is 5.32 Å². The molecule has 0 heterocycles. The van der Waals surface area contributed by atoms with Crippen LogP contribution in [0, 0.1) is 0 Å². The Kier molecular flexibility index (Phi) is 54.5. The third-order valence-electron chi connectivity index (χ3n) is 13.7. The van der Waals surface area contributed by atoms with E-state index in [1.807, 2.05) is 6.08 Å². The van der Waals surface area contributed by atoms with E-state index in [1.54, 1.807) is 6.08 Å². The Balaban J connectivity index is 3.33. The van der Waals surface area contributed by atoms with E-state index in [0.29, 0.717) is 19.4 Å². The molecular formula is C60H115NO5. The van der Waals surface area contributed by atoms with Gasteiger partial charge in [-0.05, 0) is 57.8 Å². The third kappa shape index (κ3) is 51.7. The van der Waals surface area contributed by atoms with Crippen LogP contribution < -0.4 is 5.32 Å². The molecular weight excluding hydrogens is 815 g/mol. The Morgan fingerprint density at radius 3 is 1.09 bits per heavy atom. The molecule has 0 aliphatic carbocycles. The molecule has 6 nitrogen and oxygen atoms in total. The van der Waals surface area contributed by atoms with Crippen LogP contribution in [0.5, 0.6) is 0 Å². The summed E-state index contributed by atoms with van der Waals surface area (Å²) in [4.78, 5) is 24.4. The highest BCUT2D eigenvalue weighted by atomic mass is 16.5. The molecule has 3 N–H and O–H groups in total. The lowest BCUT2D eigenvalue weighted by Crippen LogP contribution is -2.45. The Morgan fingerprint density at radius 2 is 0.712 bits per heavy atom. The molecule has 0 fully saturated rings. The maximum atomic E-state index is 12.4. The molecule has 0 aromatic rings. The molecule has 0 aliphatic heterocycles. The van der Waals surface area contributed by atoms with Crippen LogP contribution in [0.15, 0.2) is 24.3 Å². The maximum Gasteiger partial charge on any atom is 0.305 e. The van der Waals surface area contributed by atoms with Crippen LogP contribution >= 0.6 is 0 Å². The summed E-state index contributed by atoms with van der Waals surface area (Å²) in [5, 5.41) is 22.9. The van der Waals surface area contributed by atoms with Crippen LogP contribution in [0.25, 0.3) is 0 Å². The van der Waals surface area contributed by atoms with Gasteiger partial charge in [0.2, 0.25) is 5.91 Å². The summed E-state index contributed by atoms with van der Waals surface area (Å²) in [7, 11) is 0. The van der Waals surface area contributed by atoms with Crippen molar-refractivity contribution in [3.8, 4) is 0 Å². The highest BCUT2D eigenvalue weighted by Gasteiger charge is 2.18. The number of amides is 1. The van der Waals surface area contributed by atoms with Crippen LogP contribution in [-0.2, 0) is 14.3 Å². The number of esters is 1. The Bertz CT molecular complexity index is 1030. The number of carbonyl (C=O) groups is 2. The zero-order valence-electron chi connectivity index (χ0n) is 44.4. The van der Waals surface area contributed by atoms with Gasteiger partial charge in [-0.1, -0.05) is 276 Å². The van der Waals surface area contributed by atoms with Crippen LogP contribution in [0.2, 0.25) is 0 Å². The quantitative estimate of drug-likeness (QED) is 0.0321. The van der Waals surface area contributed by atoms with E-state index in [1.165, 1.54) is 250 Å². The number of nitrogens with one attached hydrogen (secondary N) is 1. The molecule has 0 saturated carbocycles. The van der Waals surface area contributed by atoms with Crippen molar-refractivity contribution in [2.24, 2.45) is 0 Å². The van der Waals surface area contributed by atoms with Gasteiger partial charge in [0.05, 0.1) is 25.4 Å². The first-order chi connectivity index (χ1) is 32.5. The fraction of sp³-hybridized carbons (Fsp3) is 0.900. The Morgan fingerprint density at radius 1 is 0.409 bits per heavy atom. The molecule has 6 heteroatoms. The second-order valence-corrected chi connectivity index (χ2v) is 20.3. The van der Waals surface area contributed by atoms with E-state index in [9.17, 15) is 19.8 Å². The van der Waals surface area contributed by atoms with Gasteiger partial charge in [0, 0.05) is 12.8 Å². The second-order valence-electron chi connectivity index (χ2n) is 20.3. The molecule has 66 heavy (non-hydrogen) atoms. The summed E-state index contributed by atoms with van der Waals surface area (Å²) in [6.07, 6.45) is 68.0. The van der Waals surface area contributed by atoms with Gasteiger partial charge in [0.15, 0.2) is 0 Å². The first-order valence-electron chi connectivity index (χ1n) is 29.6. The van der Waals surface area contributed by atoms with E-state index in [0.717, 1.165) is 44.9 Å². The van der Waals surface area contributed by atoms with Gasteiger partial charge >= 0.3 is 5.97 Å². The van der Waals surface area contributed by atoms with Gasteiger partial charge < -0.3 is 20.3 Å². The van der Waals surface area contributed by atoms with Gasteiger partial charge in [-0.3, -0.25) is 9.59 Å². The predicted molar refractivity (Wildman–Crippen MR) is 287 cm³/mol. The molecule has 0 rings (SSSR count). The molecule has 1 amide bonds. The first-order valence-corrected chi connectivity index (χ1v) is 29.6. The highest BCUT2D eigenvalue weighted by molar-refractivity contribution is 5.76. The van der Waals surface area contributed by atoms with Crippen molar-refractivity contribution in [3.05, 3.63) is 24.3 Å². The number of hydrogen-bond acceptors (Lipinski definition) is 5. The van der Waals surface area contributed by atoms with Gasteiger partial charge in [0.25, 0.3) is 0 Å². The number of unbranched alkanes of at least 4 members (excludes halogenated alkanes) is 42. The number of hydrogen-bond donors (Lipinski definition) is 3. The summed E-state index contributed by atoms with van der Waals surface area (Å²) < 4.78 is 5.47. The lowest BCUT2D eigenvalue weighted by Gasteiger charge is -2.20. The van der Waals surface area contributed by atoms with Crippen molar-refractivity contribution in [2.45, 2.75) is 334 Å². The van der Waals surface area contributed by atoms with Crippen molar-refractivity contribution in [3.63, 3.8) is 0 Å². The summed E-state index contributed by atoms with van der Waals surface area (Å²) in [5.74, 6) is -0.0591. The minimum Gasteiger partial charge on any atom is -0.466 e. The van der Waals surface area contributed by atoms with E-state index in [2.05, 4.69) is 31.3 Å². The normalized spacial score (nSPS) is 12.7. The smallest absolute Gasteiger partial charge is 0.305 e. The average molecular weight is 931 g/mol. The minimum atomic E-state index is -0.839. The molecule has 0 spiro atoms. The van der Waals surface area contributed by atoms with Crippen LogP contribution in [0.3, 0.4) is 0 Å². The monoisotopic (exact) mass is 930 g/mol. The number of rotatable bonds is 55. The van der Waals surface area contributed by atoms with E-state index < -0.39 is 12.1 Å². The van der Waals surface area contributed by atoms with Crippen LogP contribution in [-0.4, -0.2) is 47.4 Å². The van der Waals surface area contributed by atoms with Crippen LogP contribution in [0.4, 0.5) is 0 Å². The lowest BCUT2D eigenvalue weighted by atomic mass is 10.0. The SMILES string of the molecule is CCCCCC/C=C\CCCCCCCC(=O)OCCCCCCCCCCCCCCCCCCCCCCCCCCCCCC(=O)NC(CO)C(O)/C=C/CCCCCCCCC. The van der Waals surface area contributed by atoms with Gasteiger partial charge in [-0.2, -0.15) is 0 Å². The van der Waals surface area contributed by atoms with Crippen molar-refractivity contribution in [1.29, 1.82) is 0 Å². The van der Waals surface area contributed by atoms with Gasteiger partial charge in [0.1, 0.15) is 0 Å². The zero-order chi connectivity index (χ0) is 47.9. The molecule has 0 aliphatic rings. The fourth-order valence-corrected chi connectivity index (χ4v) is 9.16. The van der Waals surface area contributed by atoms with Gasteiger partial charge in [-0.25, -0.2) is 0 Å². The summed E-state index contributed by atoms with van der Waals surface area (Å²) in [6, 6.07) is -0.623. The van der Waals surface area contributed by atoms with Crippen molar-refractivity contribution < 1.29 is 24.5 Å². The molecule has 0 aromatic heterocycles. The number of allylic oxidation sites excluding steroid dienone is 3. The topological polar surface area (TPSA) is 95.9 Å². The third-order valence-corrected chi connectivity index (χ3v) is 13.7. The number of ether oxygens (including phenoxy) is 1. The molecule has 0 bridgehead atoms. The molecule has 0 saturated heterocycles. The molecule has 2 unspecified atom stereocenters.